The van der Waals surface area contributed by atoms with E-state index >= 15 is 0 Å². The van der Waals surface area contributed by atoms with Gasteiger partial charge in [-0.2, -0.15) is 0 Å². The fourth-order valence-corrected chi connectivity index (χ4v) is 3.03. The summed E-state index contributed by atoms with van der Waals surface area (Å²) in [6, 6.07) is 8.15. The zero-order valence-corrected chi connectivity index (χ0v) is 14.5. The van der Waals surface area contributed by atoms with E-state index in [1.807, 2.05) is 6.92 Å². The SMILES string of the molecule is Cc1cc(NC(=O)CN2CCN(c3cccc(C)c3C)CC2)on1. The summed E-state index contributed by atoms with van der Waals surface area (Å²) in [6.07, 6.45) is 0. The van der Waals surface area contributed by atoms with Crippen LogP contribution in [-0.4, -0.2) is 48.7 Å². The second-order valence-electron chi connectivity index (χ2n) is 6.36. The van der Waals surface area contributed by atoms with E-state index in [1.165, 1.54) is 16.8 Å². The van der Waals surface area contributed by atoms with Gasteiger partial charge in [0.1, 0.15) is 0 Å². The summed E-state index contributed by atoms with van der Waals surface area (Å²) in [5.74, 6) is 0.345. The molecule has 6 heteroatoms. The van der Waals surface area contributed by atoms with Crippen molar-refractivity contribution in [1.82, 2.24) is 10.1 Å². The molecule has 2 aromatic rings. The summed E-state index contributed by atoms with van der Waals surface area (Å²) in [6.45, 7) is 10.1. The number of aromatic nitrogens is 1. The largest absolute Gasteiger partial charge is 0.369 e. The van der Waals surface area contributed by atoms with Crippen LogP contribution >= 0.6 is 0 Å². The van der Waals surface area contributed by atoms with Crippen molar-refractivity contribution in [3.05, 3.63) is 41.1 Å². The Balaban J connectivity index is 1.51. The first kappa shape index (κ1) is 16.5. The maximum absolute atomic E-state index is 12.1. The zero-order valence-electron chi connectivity index (χ0n) is 14.5. The third-order valence-corrected chi connectivity index (χ3v) is 4.55. The first-order chi connectivity index (χ1) is 11.5. The molecule has 1 aromatic carbocycles. The highest BCUT2D eigenvalue weighted by molar-refractivity contribution is 5.91. The lowest BCUT2D eigenvalue weighted by Gasteiger charge is -2.36. The van der Waals surface area contributed by atoms with E-state index in [9.17, 15) is 4.79 Å². The van der Waals surface area contributed by atoms with E-state index in [-0.39, 0.29) is 5.91 Å². The second kappa shape index (κ2) is 7.05. The van der Waals surface area contributed by atoms with Crippen LogP contribution in [0.1, 0.15) is 16.8 Å². The maximum Gasteiger partial charge on any atom is 0.240 e. The number of piperazine rings is 1. The summed E-state index contributed by atoms with van der Waals surface area (Å²) in [7, 11) is 0. The molecule has 0 radical (unpaired) electrons. The van der Waals surface area contributed by atoms with Crippen LogP contribution in [0.3, 0.4) is 0 Å². The Labute approximate surface area is 142 Å². The lowest BCUT2D eigenvalue weighted by atomic mass is 10.1. The number of hydrogen-bond donors (Lipinski definition) is 1. The Kier molecular flexibility index (Phi) is 4.85. The molecule has 0 atom stereocenters. The molecule has 1 fully saturated rings. The number of aryl methyl sites for hydroxylation is 2. The van der Waals surface area contributed by atoms with Crippen LogP contribution in [0.2, 0.25) is 0 Å². The lowest BCUT2D eigenvalue weighted by molar-refractivity contribution is -0.117. The van der Waals surface area contributed by atoms with Gasteiger partial charge in [-0.15, -0.1) is 0 Å². The number of hydrogen-bond acceptors (Lipinski definition) is 5. The van der Waals surface area contributed by atoms with Gasteiger partial charge in [0.05, 0.1) is 12.2 Å². The minimum Gasteiger partial charge on any atom is -0.369 e. The highest BCUT2D eigenvalue weighted by Crippen LogP contribution is 2.23. The first-order valence-corrected chi connectivity index (χ1v) is 8.29. The Morgan fingerprint density at radius 1 is 1.21 bits per heavy atom. The highest BCUT2D eigenvalue weighted by atomic mass is 16.5. The minimum absolute atomic E-state index is 0.0636. The second-order valence-corrected chi connectivity index (χ2v) is 6.36. The van der Waals surface area contributed by atoms with Crippen LogP contribution in [-0.2, 0) is 4.79 Å². The van der Waals surface area contributed by atoms with Crippen molar-refractivity contribution < 1.29 is 9.32 Å². The number of carbonyl (C=O) groups is 1. The maximum atomic E-state index is 12.1. The zero-order chi connectivity index (χ0) is 17.1. The number of amides is 1. The van der Waals surface area contributed by atoms with Gasteiger partial charge in [0.15, 0.2) is 0 Å². The molecule has 2 heterocycles. The minimum atomic E-state index is -0.0636. The number of carbonyl (C=O) groups excluding carboxylic acids is 1. The Morgan fingerprint density at radius 2 is 1.96 bits per heavy atom. The van der Waals surface area contributed by atoms with Crippen molar-refractivity contribution in [3.63, 3.8) is 0 Å². The van der Waals surface area contributed by atoms with Crippen LogP contribution in [0.4, 0.5) is 11.6 Å². The van der Waals surface area contributed by atoms with Crippen LogP contribution in [0, 0.1) is 20.8 Å². The molecule has 0 unspecified atom stereocenters. The Hall–Kier alpha value is -2.34. The fourth-order valence-electron chi connectivity index (χ4n) is 3.03. The van der Waals surface area contributed by atoms with Gasteiger partial charge in [-0.1, -0.05) is 17.3 Å². The smallest absolute Gasteiger partial charge is 0.240 e. The van der Waals surface area contributed by atoms with Gasteiger partial charge in [0.2, 0.25) is 11.8 Å². The van der Waals surface area contributed by atoms with Crippen LogP contribution in [0.15, 0.2) is 28.8 Å². The van der Waals surface area contributed by atoms with Gasteiger partial charge in [-0.05, 0) is 38.0 Å². The third-order valence-electron chi connectivity index (χ3n) is 4.55. The van der Waals surface area contributed by atoms with Crippen LogP contribution in [0.5, 0.6) is 0 Å². The third kappa shape index (κ3) is 3.76. The standard InChI is InChI=1S/C18H24N4O2/c1-13-5-4-6-16(15(13)3)22-9-7-21(8-10-22)12-17(23)19-18-11-14(2)20-24-18/h4-6,11H,7-10,12H2,1-3H3,(H,19,23). The molecule has 1 amide bonds. The molecular formula is C18H24N4O2. The fraction of sp³-hybridized carbons (Fsp3) is 0.444. The number of benzene rings is 1. The van der Waals surface area contributed by atoms with E-state index in [2.05, 4.69) is 52.3 Å². The average molecular weight is 328 g/mol. The lowest BCUT2D eigenvalue weighted by Crippen LogP contribution is -2.48. The van der Waals surface area contributed by atoms with E-state index in [0.29, 0.717) is 12.4 Å². The highest BCUT2D eigenvalue weighted by Gasteiger charge is 2.20. The molecule has 1 N–H and O–H groups in total. The van der Waals surface area contributed by atoms with E-state index < -0.39 is 0 Å². The number of anilines is 2. The van der Waals surface area contributed by atoms with Gasteiger partial charge in [0, 0.05) is 37.9 Å². The normalized spacial score (nSPS) is 15.5. The van der Waals surface area contributed by atoms with Gasteiger partial charge >= 0.3 is 0 Å². The van der Waals surface area contributed by atoms with Crippen molar-refractivity contribution in [1.29, 1.82) is 0 Å². The van der Waals surface area contributed by atoms with Crippen molar-refractivity contribution >= 4 is 17.5 Å². The molecule has 0 spiro atoms. The molecule has 0 saturated carbocycles. The predicted molar refractivity (Wildman–Crippen MR) is 94.4 cm³/mol. The quantitative estimate of drug-likeness (QED) is 0.933. The van der Waals surface area contributed by atoms with Crippen LogP contribution < -0.4 is 10.2 Å². The Morgan fingerprint density at radius 3 is 2.62 bits per heavy atom. The Bertz CT molecular complexity index is 718. The predicted octanol–water partition coefficient (Wildman–Crippen LogP) is 2.36. The van der Waals surface area contributed by atoms with Gasteiger partial charge in [-0.3, -0.25) is 15.0 Å². The molecule has 0 aliphatic carbocycles. The number of nitrogens with zero attached hydrogens (tertiary/aromatic N) is 3. The topological polar surface area (TPSA) is 61.6 Å². The van der Waals surface area contributed by atoms with Crippen molar-refractivity contribution in [2.24, 2.45) is 0 Å². The van der Waals surface area contributed by atoms with Crippen LogP contribution in [0.25, 0.3) is 0 Å². The van der Waals surface area contributed by atoms with Gasteiger partial charge in [-0.25, -0.2) is 0 Å². The molecule has 1 aromatic heterocycles. The average Bonchev–Trinajstić information content (AvgIpc) is 2.96. The van der Waals surface area contributed by atoms with E-state index in [1.54, 1.807) is 6.07 Å². The molecule has 1 saturated heterocycles. The molecule has 24 heavy (non-hydrogen) atoms. The summed E-state index contributed by atoms with van der Waals surface area (Å²) in [5.41, 5.74) is 4.71. The summed E-state index contributed by atoms with van der Waals surface area (Å²) in [4.78, 5) is 16.7. The molecule has 6 nitrogen and oxygen atoms in total. The monoisotopic (exact) mass is 328 g/mol. The molecule has 1 aliphatic heterocycles. The first-order valence-electron chi connectivity index (χ1n) is 8.29. The van der Waals surface area contributed by atoms with E-state index in [4.69, 9.17) is 4.52 Å². The van der Waals surface area contributed by atoms with Gasteiger partial charge in [0.25, 0.3) is 0 Å². The van der Waals surface area contributed by atoms with Crippen molar-refractivity contribution in [2.75, 3.05) is 42.9 Å². The molecule has 128 valence electrons. The molecule has 0 bridgehead atoms. The van der Waals surface area contributed by atoms with E-state index in [0.717, 1.165) is 31.9 Å². The van der Waals surface area contributed by atoms with Gasteiger partial charge < -0.3 is 9.42 Å². The molecule has 3 rings (SSSR count). The van der Waals surface area contributed by atoms with Crippen molar-refractivity contribution in [3.8, 4) is 0 Å². The van der Waals surface area contributed by atoms with Crippen molar-refractivity contribution in [2.45, 2.75) is 20.8 Å². The number of rotatable bonds is 4. The number of nitrogens with one attached hydrogen (secondary N) is 1. The summed E-state index contributed by atoms with van der Waals surface area (Å²) in [5, 5.41) is 6.51. The summed E-state index contributed by atoms with van der Waals surface area (Å²) >= 11 is 0. The molecule has 1 aliphatic rings. The molecular weight excluding hydrogens is 304 g/mol. The summed E-state index contributed by atoms with van der Waals surface area (Å²) < 4.78 is 5.01.